The third-order valence-corrected chi connectivity index (χ3v) is 19.6. The van der Waals surface area contributed by atoms with Crippen molar-refractivity contribution in [3.63, 3.8) is 0 Å². The molecule has 0 fully saturated rings. The van der Waals surface area contributed by atoms with Crippen molar-refractivity contribution in [1.29, 1.82) is 0 Å². The lowest BCUT2D eigenvalue weighted by Gasteiger charge is -2.27. The highest BCUT2D eigenvalue weighted by Crippen LogP contribution is 2.56. The topological polar surface area (TPSA) is 344 Å². The molecule has 25 heteroatoms. The van der Waals surface area contributed by atoms with Crippen molar-refractivity contribution >= 4 is 88.9 Å². The number of carboxylic acids is 1. The summed E-state index contributed by atoms with van der Waals surface area (Å²) < 4.78 is 21.0. The second kappa shape index (κ2) is 31.8. The highest BCUT2D eigenvalue weighted by Gasteiger charge is 2.45. The monoisotopic (exact) mass is 1250 g/mol. The van der Waals surface area contributed by atoms with Crippen LogP contribution in [-0.4, -0.2) is 109 Å². The number of carbonyl (C=O) groups is 6. The van der Waals surface area contributed by atoms with Gasteiger partial charge < -0.3 is 41.5 Å². The highest BCUT2D eigenvalue weighted by molar-refractivity contribution is 7.95. The molecule has 4 atom stereocenters. The van der Waals surface area contributed by atoms with E-state index in [-0.39, 0.29) is 86.4 Å². The number of amides is 5. The van der Waals surface area contributed by atoms with Crippen LogP contribution in [0.25, 0.3) is 11.0 Å². The Morgan fingerprint density at radius 1 is 0.539 bits per heavy atom. The molecule has 9 N–H and O–H groups in total. The minimum atomic E-state index is -4.94. The fourth-order valence-corrected chi connectivity index (χ4v) is 15.1. The molecule has 0 spiro atoms. The number of aromatic nitrogens is 2. The molecule has 0 radical (unpaired) electrons. The predicted molar refractivity (Wildman–Crippen MR) is 336 cm³/mol. The molecule has 23 nitrogen and oxygen atoms in total. The number of carboxylic acid groups (broad SMARTS) is 1. The van der Waals surface area contributed by atoms with E-state index in [2.05, 4.69) is 78.6 Å². The van der Waals surface area contributed by atoms with Gasteiger partial charge in [0.25, 0.3) is 0 Å². The summed E-state index contributed by atoms with van der Waals surface area (Å²) in [4.78, 5) is 113. The van der Waals surface area contributed by atoms with Crippen LogP contribution in [0, 0.1) is 10.1 Å². The van der Waals surface area contributed by atoms with Crippen LogP contribution in [0.1, 0.15) is 55.2 Å². The molecule has 7 aromatic carbocycles. The summed E-state index contributed by atoms with van der Waals surface area (Å²) in [6, 6.07) is 50.9. The number of anilines is 1. The van der Waals surface area contributed by atoms with Gasteiger partial charge in [0.05, 0.1) is 16.8 Å². The number of aliphatic carboxylic acids is 1. The summed E-state index contributed by atoms with van der Waals surface area (Å²) in [5.74, 6) is -4.82. The van der Waals surface area contributed by atoms with Gasteiger partial charge in [-0.1, -0.05) is 127 Å². The van der Waals surface area contributed by atoms with Crippen LogP contribution in [0.5, 0.6) is 5.75 Å². The number of phosphoric acid groups is 1. The number of fused-ring (bicyclic) bond motifs is 1. The van der Waals surface area contributed by atoms with E-state index in [0.717, 1.165) is 6.16 Å². The molecule has 0 saturated carbocycles. The molecule has 1 aromatic heterocycles. The van der Waals surface area contributed by atoms with Crippen LogP contribution in [0.2, 0.25) is 0 Å². The molecule has 0 aliphatic rings. The predicted octanol–water partition coefficient (Wildman–Crippen LogP) is 6.22. The van der Waals surface area contributed by atoms with Gasteiger partial charge in [-0.05, 0) is 107 Å². The zero-order valence-electron chi connectivity index (χ0n) is 48.3. The number of carbonyl (C=O) groups excluding carboxylic acids is 5. The second-order valence-electron chi connectivity index (χ2n) is 21.0. The molecule has 1 heterocycles. The number of phosphoric ester groups is 1. The fourth-order valence-electron chi connectivity index (χ4n) is 10.3. The molecular formula is C64H68N9O14P2+. The molecule has 89 heavy (non-hydrogen) atoms. The van der Waals surface area contributed by atoms with Gasteiger partial charge in [-0.2, -0.15) is 0 Å². The van der Waals surface area contributed by atoms with Crippen molar-refractivity contribution in [2.24, 2.45) is 0 Å². The Labute approximate surface area is 513 Å². The largest absolute Gasteiger partial charge is 0.524 e. The highest BCUT2D eigenvalue weighted by atomic mass is 31.2. The van der Waals surface area contributed by atoms with Gasteiger partial charge in [-0.15, -0.1) is 0 Å². The number of nitrogens with one attached hydrogen (secondary N) is 6. The van der Waals surface area contributed by atoms with Crippen molar-refractivity contribution in [2.45, 2.75) is 82.0 Å². The van der Waals surface area contributed by atoms with E-state index in [1.54, 1.807) is 60.7 Å². The molecule has 8 rings (SSSR count). The maximum Gasteiger partial charge on any atom is 0.524 e. The van der Waals surface area contributed by atoms with Gasteiger partial charge >= 0.3 is 19.5 Å². The quantitative estimate of drug-likeness (QED) is 0.00954. The first-order valence-corrected chi connectivity index (χ1v) is 32.3. The lowest BCUT2D eigenvalue weighted by Crippen LogP contribution is -2.59. The molecule has 462 valence electrons. The second-order valence-corrected chi connectivity index (χ2v) is 25.7. The number of hydrogen-bond acceptors (Lipinski definition) is 14. The van der Waals surface area contributed by atoms with Crippen molar-refractivity contribution in [1.82, 2.24) is 36.9 Å². The summed E-state index contributed by atoms with van der Waals surface area (Å²) in [7, 11) is -7.10. The minimum absolute atomic E-state index is 0.0159. The minimum Gasteiger partial charge on any atom is -0.480 e. The summed E-state index contributed by atoms with van der Waals surface area (Å²) in [5, 5.41) is 49.7. The number of hydrogen-bond donors (Lipinski definition) is 9. The van der Waals surface area contributed by atoms with E-state index in [1.807, 2.05) is 54.6 Å². The number of nitro groups is 1. The molecule has 0 unspecified atom stereocenters. The first-order valence-electron chi connectivity index (χ1n) is 28.8. The Bertz CT molecular complexity index is 3620. The fraction of sp³-hybridized carbons (Fsp3) is 0.250. The van der Waals surface area contributed by atoms with Gasteiger partial charge in [-0.25, -0.2) is 14.0 Å². The van der Waals surface area contributed by atoms with E-state index in [4.69, 9.17) is 9.15 Å². The normalized spacial score (nSPS) is 12.7. The summed E-state index contributed by atoms with van der Waals surface area (Å²) in [6.45, 7) is 0.228. The Morgan fingerprint density at radius 2 is 1.00 bits per heavy atom. The standard InChI is InChI=1S/C64H67N9O14P2/c74-57(30-18-40-88(48-23-10-3-11-24-48,49-25-12-4-13-26-49)50-27-14-5-15-28-50)66-38-17-16-29-52(64(79)80)68-62(77)55(43-46-31-33-47(34-32-46)86-89(83,84)85)70-63(78)54(42-45-21-8-2-9-22-45)69-61(76)53(41-44-19-6-1-7-20-44)67-58(75)37-39-65-51-35-36-56(73(81)82)60-59(51)71-87-72-60/h1-15,19-28,31-36,52-55H,16-18,29-30,37-43H2,(H8-,65,66,67,68,69,70,72,74,75,76,77,78,79,80,83,84,85)/p+1/t52-,53-,54-,55-/m1/s1. The molecular weight excluding hydrogens is 1180 g/mol. The number of nitrogens with zero attached hydrogens (tertiary/aromatic N) is 3. The van der Waals surface area contributed by atoms with Gasteiger partial charge in [-0.3, -0.25) is 43.9 Å². The molecule has 8 aromatic rings. The lowest BCUT2D eigenvalue weighted by atomic mass is 10.0. The van der Waals surface area contributed by atoms with E-state index in [0.29, 0.717) is 35.2 Å². The van der Waals surface area contributed by atoms with Gasteiger partial charge in [0.1, 0.15) is 53.1 Å². The smallest absolute Gasteiger partial charge is 0.480 e. The van der Waals surface area contributed by atoms with E-state index in [1.165, 1.54) is 52.3 Å². The Hall–Kier alpha value is -9.66. The average molecular weight is 1250 g/mol. The number of benzene rings is 7. The van der Waals surface area contributed by atoms with Crippen LogP contribution in [0.15, 0.2) is 193 Å². The maximum atomic E-state index is 14.7. The summed E-state index contributed by atoms with van der Waals surface area (Å²) >= 11 is 0. The Balaban J connectivity index is 0.927. The van der Waals surface area contributed by atoms with Crippen molar-refractivity contribution < 1.29 is 62.3 Å². The third-order valence-electron chi connectivity index (χ3n) is 14.7. The van der Waals surface area contributed by atoms with Crippen molar-refractivity contribution in [2.75, 3.05) is 24.6 Å². The zero-order chi connectivity index (χ0) is 63.2. The van der Waals surface area contributed by atoms with Gasteiger partial charge in [0, 0.05) is 51.3 Å². The van der Waals surface area contributed by atoms with Crippen LogP contribution in [0.4, 0.5) is 11.4 Å². The van der Waals surface area contributed by atoms with Crippen LogP contribution >= 0.6 is 15.1 Å². The number of unbranched alkanes of at least 4 members (excludes halogenated alkanes) is 1. The van der Waals surface area contributed by atoms with Gasteiger partial charge in [0.2, 0.25) is 35.1 Å². The van der Waals surface area contributed by atoms with Gasteiger partial charge in [0.15, 0.2) is 5.52 Å². The van der Waals surface area contributed by atoms with E-state index in [9.17, 15) is 58.3 Å². The molecule has 5 amide bonds. The summed E-state index contributed by atoms with van der Waals surface area (Å²) in [6.07, 6.45) is 1.60. The Morgan fingerprint density at radius 3 is 1.48 bits per heavy atom. The first-order chi connectivity index (χ1) is 42.9. The summed E-state index contributed by atoms with van der Waals surface area (Å²) in [5.41, 5.74) is 1.58. The third kappa shape index (κ3) is 18.9. The maximum absolute atomic E-state index is 14.7. The zero-order valence-corrected chi connectivity index (χ0v) is 50.0. The molecule has 0 saturated heterocycles. The van der Waals surface area contributed by atoms with Crippen molar-refractivity contribution in [3.05, 3.63) is 215 Å². The van der Waals surface area contributed by atoms with E-state index < -0.39 is 73.8 Å². The van der Waals surface area contributed by atoms with Crippen LogP contribution < -0.4 is 52.3 Å². The Kier molecular flexibility index (Phi) is 23.4. The lowest BCUT2D eigenvalue weighted by molar-refractivity contribution is -0.383. The van der Waals surface area contributed by atoms with E-state index >= 15 is 0 Å². The van der Waals surface area contributed by atoms with Crippen LogP contribution in [-0.2, 0) is 52.6 Å². The van der Waals surface area contributed by atoms with Crippen LogP contribution in [0.3, 0.4) is 0 Å². The SMILES string of the molecule is O=C(CCC[P+](c1ccccc1)(c1ccccc1)c1ccccc1)NCCCC[C@@H](NC(=O)[C@@H](Cc1ccc(OP(=O)(O)O)cc1)NC(=O)[C@@H](Cc1ccccc1)NC(=O)[C@@H](Cc1ccccc1)NC(=O)CCNc1ccc([N+](=O)[O-])c2nonc12)C(=O)O. The molecule has 0 aliphatic carbocycles. The number of nitro benzene ring substituents is 1. The number of rotatable bonds is 33. The van der Waals surface area contributed by atoms with Crippen molar-refractivity contribution in [3.8, 4) is 5.75 Å². The molecule has 0 aliphatic heterocycles. The molecule has 0 bridgehead atoms. The first kappa shape index (κ1) is 65.3. The average Bonchev–Trinajstić information content (AvgIpc) is 2.46. The number of non-ortho nitro benzene ring substituents is 1.